The molecule has 0 spiro atoms. The molecule has 3 N–H and O–H groups in total. The molecule has 6 heteroatoms. The minimum Gasteiger partial charge on any atom is -0.357 e. The molecule has 1 aromatic carbocycles. The van der Waals surface area contributed by atoms with E-state index in [1.807, 2.05) is 46.8 Å². The number of aryl methyl sites for hydroxylation is 1. The zero-order valence-electron chi connectivity index (χ0n) is 15.8. The van der Waals surface area contributed by atoms with E-state index in [-0.39, 0.29) is 17.9 Å². The highest BCUT2D eigenvalue weighted by Gasteiger charge is 2.05. The van der Waals surface area contributed by atoms with Crippen molar-refractivity contribution in [1.82, 2.24) is 16.0 Å². The fourth-order valence-corrected chi connectivity index (χ4v) is 1.60. The Morgan fingerprint density at radius 2 is 1.75 bits per heavy atom. The highest BCUT2D eigenvalue weighted by molar-refractivity contribution is 5.94. The topological polar surface area (TPSA) is 87.3 Å². The first-order valence-corrected chi connectivity index (χ1v) is 8.07. The van der Waals surface area contributed by atoms with Gasteiger partial charge < -0.3 is 16.0 Å². The fraction of sp³-hybridized carbons (Fsp3) is 0.500. The van der Waals surface area contributed by atoms with Crippen molar-refractivity contribution >= 4 is 18.2 Å². The summed E-state index contributed by atoms with van der Waals surface area (Å²) in [6.45, 7) is 11.7. The Labute approximate surface area is 145 Å². The average Bonchev–Trinajstić information content (AvgIpc) is 2.54. The summed E-state index contributed by atoms with van der Waals surface area (Å²) in [5.41, 5.74) is 2.54. The van der Waals surface area contributed by atoms with Crippen LogP contribution in [-0.2, 0) is 16.1 Å². The predicted octanol–water partition coefficient (Wildman–Crippen LogP) is 2.16. The summed E-state index contributed by atoms with van der Waals surface area (Å²) in [5, 5.41) is 7.80. The number of amides is 3. The molecule has 24 heavy (non-hydrogen) atoms. The van der Waals surface area contributed by atoms with Crippen LogP contribution in [0.1, 0.15) is 56.1 Å². The normalized spacial score (nSPS) is 8.83. The summed E-state index contributed by atoms with van der Waals surface area (Å²) >= 11 is 0. The van der Waals surface area contributed by atoms with Crippen LogP contribution in [0.15, 0.2) is 18.2 Å². The summed E-state index contributed by atoms with van der Waals surface area (Å²) in [6, 6.07) is 5.82. The molecule has 0 saturated heterocycles. The molecule has 0 atom stereocenters. The van der Waals surface area contributed by atoms with Gasteiger partial charge in [-0.2, -0.15) is 0 Å². The van der Waals surface area contributed by atoms with E-state index in [4.69, 9.17) is 0 Å². The Kier molecular flexibility index (Phi) is 14.2. The van der Waals surface area contributed by atoms with Gasteiger partial charge in [0.15, 0.2) is 0 Å². The van der Waals surface area contributed by atoms with E-state index < -0.39 is 0 Å². The third-order valence-electron chi connectivity index (χ3n) is 2.57. The minimum atomic E-state index is -0.118. The summed E-state index contributed by atoms with van der Waals surface area (Å²) in [4.78, 5) is 31.7. The number of rotatable bonds is 5. The predicted molar refractivity (Wildman–Crippen MR) is 97.8 cm³/mol. The summed E-state index contributed by atoms with van der Waals surface area (Å²) in [6.07, 6.45) is 0.699. The Morgan fingerprint density at radius 3 is 2.12 bits per heavy atom. The smallest absolute Gasteiger partial charge is 0.251 e. The van der Waals surface area contributed by atoms with E-state index in [2.05, 4.69) is 16.0 Å². The van der Waals surface area contributed by atoms with Gasteiger partial charge in [0, 0.05) is 32.1 Å². The molecule has 1 rings (SSSR count). The number of nitrogens with one attached hydrogen (secondary N) is 3. The zero-order chi connectivity index (χ0) is 19.1. The van der Waals surface area contributed by atoms with E-state index in [0.29, 0.717) is 18.5 Å². The van der Waals surface area contributed by atoms with Crippen molar-refractivity contribution in [2.45, 2.75) is 54.1 Å². The first kappa shape index (κ1) is 23.9. The van der Waals surface area contributed by atoms with Gasteiger partial charge in [0.1, 0.15) is 0 Å². The largest absolute Gasteiger partial charge is 0.357 e. The van der Waals surface area contributed by atoms with Gasteiger partial charge in [-0.15, -0.1) is 0 Å². The van der Waals surface area contributed by atoms with Crippen LogP contribution in [0.3, 0.4) is 0 Å². The van der Waals surface area contributed by atoms with Gasteiger partial charge in [-0.3, -0.25) is 14.4 Å². The van der Waals surface area contributed by atoms with E-state index in [0.717, 1.165) is 11.1 Å². The second kappa shape index (κ2) is 14.2. The molecule has 136 valence electrons. The maximum absolute atomic E-state index is 11.5. The SMILES string of the molecule is CC.CC(C)NC=O.CNC(=O)c1cc(C)cc(CNC(C)=O)c1. The van der Waals surface area contributed by atoms with Crippen LogP contribution in [0.4, 0.5) is 0 Å². The second-order valence-electron chi connectivity index (χ2n) is 5.14. The number of hydrogen-bond acceptors (Lipinski definition) is 3. The van der Waals surface area contributed by atoms with Crippen LogP contribution in [0.25, 0.3) is 0 Å². The van der Waals surface area contributed by atoms with Crippen LogP contribution in [0.2, 0.25) is 0 Å². The van der Waals surface area contributed by atoms with Crippen molar-refractivity contribution in [2.24, 2.45) is 0 Å². The molecule has 0 aliphatic carbocycles. The molecular formula is C18H31N3O3. The standard InChI is InChI=1S/C12H16N2O2.C4H9NO.C2H6/c1-8-4-10(7-14-9(2)15)6-11(5-8)12(16)13-3;1-4(2)5-3-6;1-2/h4-6H,7H2,1-3H3,(H,13,16)(H,14,15);3-4H,1-2H3,(H,5,6);1-2H3. The van der Waals surface area contributed by atoms with Crippen LogP contribution >= 0.6 is 0 Å². The molecule has 0 fully saturated rings. The highest BCUT2D eigenvalue weighted by Crippen LogP contribution is 2.09. The Bertz CT molecular complexity index is 514. The number of benzene rings is 1. The van der Waals surface area contributed by atoms with Crippen LogP contribution in [-0.4, -0.2) is 31.3 Å². The molecule has 0 saturated carbocycles. The lowest BCUT2D eigenvalue weighted by Gasteiger charge is -2.07. The van der Waals surface area contributed by atoms with E-state index in [1.165, 1.54) is 6.92 Å². The number of carbonyl (C=O) groups is 3. The lowest BCUT2D eigenvalue weighted by atomic mass is 10.1. The zero-order valence-corrected chi connectivity index (χ0v) is 15.8. The summed E-state index contributed by atoms with van der Waals surface area (Å²) < 4.78 is 0. The Balaban J connectivity index is 0. The lowest BCUT2D eigenvalue weighted by Crippen LogP contribution is -2.21. The van der Waals surface area contributed by atoms with Crippen LogP contribution in [0.5, 0.6) is 0 Å². The maximum Gasteiger partial charge on any atom is 0.251 e. The molecule has 3 amide bonds. The molecule has 0 heterocycles. The Hall–Kier alpha value is -2.37. The molecule has 0 aliphatic rings. The lowest BCUT2D eigenvalue weighted by molar-refractivity contribution is -0.119. The molecule has 0 radical (unpaired) electrons. The number of hydrogen-bond donors (Lipinski definition) is 3. The minimum absolute atomic E-state index is 0.0806. The molecule has 0 bridgehead atoms. The quantitative estimate of drug-likeness (QED) is 0.720. The van der Waals surface area contributed by atoms with Gasteiger partial charge in [0.25, 0.3) is 5.91 Å². The van der Waals surface area contributed by atoms with Gasteiger partial charge in [0.2, 0.25) is 12.3 Å². The van der Waals surface area contributed by atoms with E-state index >= 15 is 0 Å². The third-order valence-corrected chi connectivity index (χ3v) is 2.57. The fourth-order valence-electron chi connectivity index (χ4n) is 1.60. The van der Waals surface area contributed by atoms with Gasteiger partial charge in [0.05, 0.1) is 0 Å². The molecule has 0 unspecified atom stereocenters. The van der Waals surface area contributed by atoms with Crippen LogP contribution in [0, 0.1) is 6.92 Å². The van der Waals surface area contributed by atoms with Crippen LogP contribution < -0.4 is 16.0 Å². The molecule has 0 aromatic heterocycles. The Morgan fingerprint density at radius 1 is 1.17 bits per heavy atom. The van der Waals surface area contributed by atoms with Gasteiger partial charge in [-0.05, 0) is 44.0 Å². The maximum atomic E-state index is 11.5. The monoisotopic (exact) mass is 337 g/mol. The summed E-state index contributed by atoms with van der Waals surface area (Å²) in [7, 11) is 1.60. The van der Waals surface area contributed by atoms with Gasteiger partial charge in [-0.25, -0.2) is 0 Å². The van der Waals surface area contributed by atoms with Crippen molar-refractivity contribution < 1.29 is 14.4 Å². The van der Waals surface area contributed by atoms with Crippen molar-refractivity contribution in [3.05, 3.63) is 34.9 Å². The average molecular weight is 337 g/mol. The first-order valence-electron chi connectivity index (χ1n) is 8.07. The van der Waals surface area contributed by atoms with Crippen molar-refractivity contribution in [1.29, 1.82) is 0 Å². The summed E-state index contributed by atoms with van der Waals surface area (Å²) in [5.74, 6) is -0.198. The number of carbonyl (C=O) groups excluding carboxylic acids is 3. The van der Waals surface area contributed by atoms with Gasteiger partial charge >= 0.3 is 0 Å². The molecular weight excluding hydrogens is 306 g/mol. The van der Waals surface area contributed by atoms with Crippen molar-refractivity contribution in [2.75, 3.05) is 7.05 Å². The highest BCUT2D eigenvalue weighted by atomic mass is 16.2. The van der Waals surface area contributed by atoms with E-state index in [9.17, 15) is 14.4 Å². The van der Waals surface area contributed by atoms with E-state index in [1.54, 1.807) is 13.1 Å². The molecule has 6 nitrogen and oxygen atoms in total. The third kappa shape index (κ3) is 12.2. The van der Waals surface area contributed by atoms with Crippen molar-refractivity contribution in [3.63, 3.8) is 0 Å². The van der Waals surface area contributed by atoms with Crippen molar-refractivity contribution in [3.8, 4) is 0 Å². The molecule has 1 aromatic rings. The molecule has 0 aliphatic heterocycles. The first-order chi connectivity index (χ1) is 11.3. The second-order valence-corrected chi connectivity index (χ2v) is 5.14. The van der Waals surface area contributed by atoms with Gasteiger partial charge in [-0.1, -0.05) is 19.9 Å².